The molecule has 3 unspecified atom stereocenters. The summed E-state index contributed by atoms with van der Waals surface area (Å²) in [5.74, 6) is -0.862. The molecule has 0 aliphatic rings. The molecule has 0 bridgehead atoms. The summed E-state index contributed by atoms with van der Waals surface area (Å²) >= 11 is 0. The van der Waals surface area contributed by atoms with Crippen LogP contribution in [0.2, 0.25) is 0 Å². The van der Waals surface area contributed by atoms with Crippen molar-refractivity contribution in [2.75, 3.05) is 26.4 Å². The minimum atomic E-state index is -0.859. The normalized spacial score (nSPS) is 12.8. The predicted octanol–water partition coefficient (Wildman–Crippen LogP) is 13.1. The van der Waals surface area contributed by atoms with Crippen molar-refractivity contribution in [3.63, 3.8) is 0 Å². The van der Waals surface area contributed by atoms with Gasteiger partial charge < -0.3 is 24.7 Å². The summed E-state index contributed by atoms with van der Waals surface area (Å²) in [6.45, 7) is 10.4. The molecule has 58 heavy (non-hydrogen) atoms. The van der Waals surface area contributed by atoms with E-state index in [-0.39, 0.29) is 49.2 Å². The lowest BCUT2D eigenvalue weighted by Crippen LogP contribution is -2.33. The third-order valence-electron chi connectivity index (χ3n) is 11.3. The monoisotopic (exact) mass is 824 g/mol. The van der Waals surface area contributed by atoms with Crippen LogP contribution in [0.3, 0.4) is 0 Å². The molecule has 0 aliphatic carbocycles. The highest BCUT2D eigenvalue weighted by Gasteiger charge is 2.21. The molecule has 342 valence electrons. The van der Waals surface area contributed by atoms with Gasteiger partial charge in [0.15, 0.2) is 0 Å². The predicted molar refractivity (Wildman–Crippen MR) is 238 cm³/mol. The molecular weight excluding hydrogens is 731 g/mol. The van der Waals surface area contributed by atoms with Crippen LogP contribution >= 0.6 is 0 Å². The summed E-state index contributed by atoms with van der Waals surface area (Å²) in [6, 6.07) is -0.859. The zero-order valence-corrected chi connectivity index (χ0v) is 38.4. The number of esters is 4. The van der Waals surface area contributed by atoms with Crippen LogP contribution in [0.4, 0.5) is 0 Å². The molecule has 0 heterocycles. The number of nitrogens with two attached hydrogens (primary N) is 1. The Labute approximate surface area is 357 Å². The Morgan fingerprint density at radius 3 is 0.983 bits per heavy atom. The van der Waals surface area contributed by atoms with Gasteiger partial charge in [-0.05, 0) is 83.5 Å². The molecule has 0 aromatic carbocycles. The van der Waals surface area contributed by atoms with Gasteiger partial charge >= 0.3 is 23.9 Å². The standard InChI is InChI=1S/C49H93NO8/c1-5-9-13-17-19-27-35-43(33-25-15-11-7-3)47(52)56-40-30-22-21-29-39-55-46(51)38-37-45(50)49(54)58-42-32-24-23-31-41-57-48(53)44(34-26-16-12-8-4)36-28-20-18-14-10-6-2/h43-45H,5-42,50H2,1-4H3. The Kier molecular flexibility index (Phi) is 41.3. The van der Waals surface area contributed by atoms with E-state index in [9.17, 15) is 19.2 Å². The van der Waals surface area contributed by atoms with Gasteiger partial charge in [0.2, 0.25) is 0 Å². The summed E-state index contributed by atoms with van der Waals surface area (Å²) < 4.78 is 22.0. The molecule has 9 heteroatoms. The maximum absolute atomic E-state index is 12.8. The molecule has 0 rings (SSSR count). The van der Waals surface area contributed by atoms with E-state index in [1.165, 1.54) is 103 Å². The molecule has 0 fully saturated rings. The maximum atomic E-state index is 12.8. The fourth-order valence-corrected chi connectivity index (χ4v) is 7.36. The molecule has 0 radical (unpaired) electrons. The van der Waals surface area contributed by atoms with Crippen molar-refractivity contribution in [2.24, 2.45) is 17.6 Å². The molecule has 2 N–H and O–H groups in total. The molecule has 0 amide bonds. The number of rotatable bonds is 44. The molecule has 0 aromatic heterocycles. The first-order valence-electron chi connectivity index (χ1n) is 24.7. The average molecular weight is 824 g/mol. The lowest BCUT2D eigenvalue weighted by Gasteiger charge is -2.16. The highest BCUT2D eigenvalue weighted by molar-refractivity contribution is 5.77. The van der Waals surface area contributed by atoms with Crippen LogP contribution in [0.1, 0.15) is 246 Å². The SMILES string of the molecule is CCCCCCCCC(CCCCCC)C(=O)OCCCCCCOC(=O)CCC(N)C(=O)OCCCCCCOC(=O)C(CCCCCC)CCCCCCCC. The van der Waals surface area contributed by atoms with Crippen molar-refractivity contribution in [3.05, 3.63) is 0 Å². The maximum Gasteiger partial charge on any atom is 0.322 e. The molecule has 9 nitrogen and oxygen atoms in total. The van der Waals surface area contributed by atoms with Crippen molar-refractivity contribution >= 4 is 23.9 Å². The quantitative estimate of drug-likeness (QED) is 0.0362. The highest BCUT2D eigenvalue weighted by Crippen LogP contribution is 2.22. The first-order valence-corrected chi connectivity index (χ1v) is 24.7. The fraction of sp³-hybridized carbons (Fsp3) is 0.918. The van der Waals surface area contributed by atoms with Gasteiger partial charge in [-0.25, -0.2) is 0 Å². The zero-order chi connectivity index (χ0) is 42.7. The second-order valence-corrected chi connectivity index (χ2v) is 16.9. The molecule has 0 saturated carbocycles. The molecule has 0 aromatic rings. The van der Waals surface area contributed by atoms with Gasteiger partial charge in [-0.1, -0.05) is 156 Å². The van der Waals surface area contributed by atoms with E-state index >= 15 is 0 Å². The first-order chi connectivity index (χ1) is 28.3. The number of carbonyl (C=O) groups is 4. The molecular formula is C49H93NO8. The van der Waals surface area contributed by atoms with Gasteiger partial charge in [0.05, 0.1) is 38.3 Å². The van der Waals surface area contributed by atoms with E-state index in [1.54, 1.807) is 0 Å². The summed E-state index contributed by atoms with van der Waals surface area (Å²) in [4.78, 5) is 50.2. The minimum Gasteiger partial charge on any atom is -0.466 e. The van der Waals surface area contributed by atoms with Gasteiger partial charge in [-0.2, -0.15) is 0 Å². The van der Waals surface area contributed by atoms with Gasteiger partial charge in [0.25, 0.3) is 0 Å². The van der Waals surface area contributed by atoms with Crippen LogP contribution in [-0.2, 0) is 38.1 Å². The highest BCUT2D eigenvalue weighted by atomic mass is 16.5. The number of hydrogen-bond donors (Lipinski definition) is 1. The van der Waals surface area contributed by atoms with E-state index in [0.29, 0.717) is 26.2 Å². The molecule has 0 spiro atoms. The topological polar surface area (TPSA) is 131 Å². The Hall–Kier alpha value is -2.16. The number of hydrogen-bond acceptors (Lipinski definition) is 9. The van der Waals surface area contributed by atoms with Crippen LogP contribution in [-0.4, -0.2) is 56.3 Å². The second-order valence-electron chi connectivity index (χ2n) is 16.9. The van der Waals surface area contributed by atoms with E-state index in [0.717, 1.165) is 96.3 Å². The third kappa shape index (κ3) is 35.8. The Bertz CT molecular complexity index is 959. The van der Waals surface area contributed by atoms with Crippen LogP contribution in [0.5, 0.6) is 0 Å². The Balaban J connectivity index is 4.02. The number of unbranched alkanes of at least 4 members (excludes halogenated alkanes) is 22. The lowest BCUT2D eigenvalue weighted by atomic mass is 9.94. The summed E-state index contributed by atoms with van der Waals surface area (Å²) in [7, 11) is 0. The van der Waals surface area contributed by atoms with Gasteiger partial charge in [0.1, 0.15) is 6.04 Å². The van der Waals surface area contributed by atoms with Crippen molar-refractivity contribution in [1.29, 1.82) is 0 Å². The van der Waals surface area contributed by atoms with Crippen LogP contribution in [0.15, 0.2) is 0 Å². The summed E-state index contributed by atoms with van der Waals surface area (Å²) in [5.41, 5.74) is 5.98. The number of ether oxygens (including phenoxy) is 4. The molecule has 0 saturated heterocycles. The summed E-state index contributed by atoms with van der Waals surface area (Å²) in [5, 5.41) is 0. The van der Waals surface area contributed by atoms with Crippen molar-refractivity contribution in [3.8, 4) is 0 Å². The molecule has 0 aliphatic heterocycles. The van der Waals surface area contributed by atoms with Gasteiger partial charge in [-0.3, -0.25) is 19.2 Å². The van der Waals surface area contributed by atoms with Crippen molar-refractivity contribution in [1.82, 2.24) is 0 Å². The lowest BCUT2D eigenvalue weighted by molar-refractivity contribution is -0.150. The zero-order valence-electron chi connectivity index (χ0n) is 38.4. The van der Waals surface area contributed by atoms with E-state index in [2.05, 4.69) is 27.7 Å². The second kappa shape index (κ2) is 42.9. The van der Waals surface area contributed by atoms with Crippen LogP contribution in [0.25, 0.3) is 0 Å². The van der Waals surface area contributed by atoms with E-state index in [4.69, 9.17) is 24.7 Å². The van der Waals surface area contributed by atoms with Crippen LogP contribution < -0.4 is 5.73 Å². The Morgan fingerprint density at radius 1 is 0.345 bits per heavy atom. The van der Waals surface area contributed by atoms with Crippen molar-refractivity contribution in [2.45, 2.75) is 252 Å². The van der Waals surface area contributed by atoms with Gasteiger partial charge in [-0.15, -0.1) is 0 Å². The van der Waals surface area contributed by atoms with E-state index < -0.39 is 12.0 Å². The van der Waals surface area contributed by atoms with Crippen molar-refractivity contribution < 1.29 is 38.1 Å². The third-order valence-corrected chi connectivity index (χ3v) is 11.3. The fourth-order valence-electron chi connectivity index (χ4n) is 7.36. The average Bonchev–Trinajstić information content (AvgIpc) is 3.22. The smallest absolute Gasteiger partial charge is 0.322 e. The van der Waals surface area contributed by atoms with Gasteiger partial charge in [0, 0.05) is 6.42 Å². The summed E-state index contributed by atoms with van der Waals surface area (Å²) in [6.07, 6.45) is 34.8. The number of carbonyl (C=O) groups excluding carboxylic acids is 4. The van der Waals surface area contributed by atoms with Crippen LogP contribution in [0, 0.1) is 11.8 Å². The van der Waals surface area contributed by atoms with E-state index in [1.807, 2.05) is 0 Å². The first kappa shape index (κ1) is 55.8. The minimum absolute atomic E-state index is 0.0245. The molecule has 3 atom stereocenters. The largest absolute Gasteiger partial charge is 0.466 e. The Morgan fingerprint density at radius 2 is 0.621 bits per heavy atom.